The zero-order chi connectivity index (χ0) is 14.9. The normalized spacial score (nSPS) is 34.0. The minimum Gasteiger partial charge on any atom is -0.374 e. The second-order valence-electron chi connectivity index (χ2n) is 5.93. The lowest BCUT2D eigenvalue weighted by Crippen LogP contribution is -2.32. The monoisotopic (exact) mass is 356 g/mol. The lowest BCUT2D eigenvalue weighted by atomic mass is 10.1. The second kappa shape index (κ2) is 6.34. The molecule has 0 saturated carbocycles. The van der Waals surface area contributed by atoms with Crippen molar-refractivity contribution in [1.29, 1.82) is 0 Å². The van der Waals surface area contributed by atoms with E-state index in [0.29, 0.717) is 13.2 Å². The largest absolute Gasteiger partial charge is 0.374 e. The van der Waals surface area contributed by atoms with E-state index < -0.39 is 5.79 Å². The fraction of sp³-hybridized carbons (Fsp3) is 0.625. The van der Waals surface area contributed by atoms with Crippen LogP contribution in [0.4, 0.5) is 0 Å². The smallest absolute Gasteiger partial charge is 0.164 e. The quantitative estimate of drug-likeness (QED) is 0.760. The predicted octanol–water partition coefficient (Wildman–Crippen LogP) is 2.89. The van der Waals surface area contributed by atoms with Gasteiger partial charge in [0.25, 0.3) is 0 Å². The van der Waals surface area contributed by atoms with Crippen LogP contribution in [0.5, 0.6) is 0 Å². The van der Waals surface area contributed by atoms with Crippen molar-refractivity contribution in [1.82, 2.24) is 0 Å². The van der Waals surface area contributed by atoms with Gasteiger partial charge in [-0.1, -0.05) is 46.3 Å². The van der Waals surface area contributed by atoms with Crippen molar-refractivity contribution < 1.29 is 18.9 Å². The first kappa shape index (κ1) is 15.4. The van der Waals surface area contributed by atoms with Gasteiger partial charge < -0.3 is 18.9 Å². The fourth-order valence-electron chi connectivity index (χ4n) is 2.90. The Morgan fingerprint density at radius 3 is 2.43 bits per heavy atom. The van der Waals surface area contributed by atoms with Gasteiger partial charge in [0.05, 0.1) is 19.3 Å². The molecule has 2 aliphatic heterocycles. The Balaban J connectivity index is 1.56. The van der Waals surface area contributed by atoms with Gasteiger partial charge in [0.2, 0.25) is 0 Å². The third kappa shape index (κ3) is 3.48. The van der Waals surface area contributed by atoms with Crippen LogP contribution >= 0.6 is 15.9 Å². The number of halogens is 1. The molecule has 0 bridgehead atoms. The molecule has 0 radical (unpaired) electrons. The van der Waals surface area contributed by atoms with Crippen LogP contribution in [0, 0.1) is 0 Å². The number of fused-ring (bicyclic) bond motifs is 1. The summed E-state index contributed by atoms with van der Waals surface area (Å²) >= 11 is 3.48. The lowest BCUT2D eigenvalue weighted by Gasteiger charge is -2.23. The van der Waals surface area contributed by atoms with E-state index in [1.54, 1.807) is 0 Å². The molecule has 0 aromatic heterocycles. The molecule has 21 heavy (non-hydrogen) atoms. The van der Waals surface area contributed by atoms with Crippen LogP contribution in [0.1, 0.15) is 19.4 Å². The van der Waals surface area contributed by atoms with E-state index in [1.807, 2.05) is 32.0 Å². The zero-order valence-corrected chi connectivity index (χ0v) is 13.9. The summed E-state index contributed by atoms with van der Waals surface area (Å²) in [6.07, 6.45) is -0.145. The Hall–Kier alpha value is -0.460. The van der Waals surface area contributed by atoms with Crippen LogP contribution in [0.2, 0.25) is 0 Å². The summed E-state index contributed by atoms with van der Waals surface area (Å²) in [5, 5.41) is 0.739. The van der Waals surface area contributed by atoms with Crippen LogP contribution in [-0.4, -0.2) is 42.1 Å². The average Bonchev–Trinajstić information content (AvgIpc) is 2.94. The molecule has 2 heterocycles. The molecule has 5 heteroatoms. The summed E-state index contributed by atoms with van der Waals surface area (Å²) < 4.78 is 23.7. The highest BCUT2D eigenvalue weighted by atomic mass is 79.9. The van der Waals surface area contributed by atoms with Gasteiger partial charge in [-0.25, -0.2) is 0 Å². The molecule has 116 valence electrons. The topological polar surface area (TPSA) is 36.9 Å². The van der Waals surface area contributed by atoms with E-state index in [0.717, 1.165) is 10.9 Å². The van der Waals surface area contributed by atoms with Gasteiger partial charge >= 0.3 is 0 Å². The van der Waals surface area contributed by atoms with Gasteiger partial charge in [0.1, 0.15) is 18.3 Å². The van der Waals surface area contributed by atoms with Crippen LogP contribution in [-0.2, 0) is 25.6 Å². The molecule has 2 aliphatic rings. The molecule has 0 N–H and O–H groups in total. The van der Waals surface area contributed by atoms with Gasteiger partial charge in [-0.15, -0.1) is 0 Å². The number of hydrogen-bond donors (Lipinski definition) is 0. The summed E-state index contributed by atoms with van der Waals surface area (Å²) in [6, 6.07) is 10.1. The highest BCUT2D eigenvalue weighted by molar-refractivity contribution is 9.09. The Kier molecular flexibility index (Phi) is 4.66. The number of rotatable bonds is 5. The number of alkyl halides is 1. The van der Waals surface area contributed by atoms with Crippen molar-refractivity contribution in [2.45, 2.75) is 50.7 Å². The van der Waals surface area contributed by atoms with E-state index in [-0.39, 0.29) is 24.4 Å². The van der Waals surface area contributed by atoms with E-state index >= 15 is 0 Å². The molecule has 3 rings (SSSR count). The van der Waals surface area contributed by atoms with Gasteiger partial charge in [0, 0.05) is 5.33 Å². The molecule has 0 spiro atoms. The SMILES string of the molecule is CC1(C)O[C@@H]2[C@H](O1)[C@@H](COCc1ccccc1)O[C@@H]2CBr. The van der Waals surface area contributed by atoms with Gasteiger partial charge in [-0.05, 0) is 19.4 Å². The molecule has 4 nitrogen and oxygen atoms in total. The van der Waals surface area contributed by atoms with Gasteiger partial charge in [0.15, 0.2) is 5.79 Å². The fourth-order valence-corrected chi connectivity index (χ4v) is 3.42. The lowest BCUT2D eigenvalue weighted by molar-refractivity contribution is -0.189. The molecule has 1 aromatic rings. The van der Waals surface area contributed by atoms with Crippen molar-refractivity contribution in [3.8, 4) is 0 Å². The Morgan fingerprint density at radius 1 is 1.10 bits per heavy atom. The van der Waals surface area contributed by atoms with Gasteiger partial charge in [-0.2, -0.15) is 0 Å². The van der Waals surface area contributed by atoms with E-state index in [9.17, 15) is 0 Å². The van der Waals surface area contributed by atoms with Crippen LogP contribution in [0.3, 0.4) is 0 Å². The summed E-state index contributed by atoms with van der Waals surface area (Å²) in [5.74, 6) is -0.544. The maximum absolute atomic E-state index is 5.99. The number of benzene rings is 1. The van der Waals surface area contributed by atoms with Gasteiger partial charge in [-0.3, -0.25) is 0 Å². The summed E-state index contributed by atoms with van der Waals surface area (Å²) in [5.41, 5.74) is 1.16. The molecule has 2 saturated heterocycles. The molecule has 4 atom stereocenters. The third-order valence-corrected chi connectivity index (χ3v) is 4.43. The van der Waals surface area contributed by atoms with E-state index in [4.69, 9.17) is 18.9 Å². The van der Waals surface area contributed by atoms with Crippen molar-refractivity contribution in [3.63, 3.8) is 0 Å². The molecule has 1 aromatic carbocycles. The van der Waals surface area contributed by atoms with E-state index in [1.165, 1.54) is 0 Å². The molecule has 2 fully saturated rings. The van der Waals surface area contributed by atoms with Crippen molar-refractivity contribution >= 4 is 15.9 Å². The predicted molar refractivity (Wildman–Crippen MR) is 82.4 cm³/mol. The van der Waals surface area contributed by atoms with Crippen LogP contribution in [0.15, 0.2) is 30.3 Å². The Morgan fingerprint density at radius 2 is 1.76 bits per heavy atom. The second-order valence-corrected chi connectivity index (χ2v) is 6.58. The first-order chi connectivity index (χ1) is 10.1. The molecular formula is C16H21BrO4. The number of ether oxygens (including phenoxy) is 4. The summed E-state index contributed by atoms with van der Waals surface area (Å²) in [6.45, 7) is 4.98. The third-order valence-electron chi connectivity index (χ3n) is 3.79. The minimum absolute atomic E-state index is 0.0158. The minimum atomic E-state index is -0.544. The maximum Gasteiger partial charge on any atom is 0.164 e. The number of hydrogen-bond acceptors (Lipinski definition) is 4. The summed E-state index contributed by atoms with van der Waals surface area (Å²) in [4.78, 5) is 0. The highest BCUT2D eigenvalue weighted by Crippen LogP contribution is 2.39. The van der Waals surface area contributed by atoms with Crippen LogP contribution in [0.25, 0.3) is 0 Å². The Bertz CT molecular complexity index is 465. The first-order valence-corrected chi connectivity index (χ1v) is 8.40. The van der Waals surface area contributed by atoms with Crippen molar-refractivity contribution in [2.75, 3.05) is 11.9 Å². The maximum atomic E-state index is 5.99. The van der Waals surface area contributed by atoms with Crippen LogP contribution < -0.4 is 0 Å². The van der Waals surface area contributed by atoms with E-state index in [2.05, 4.69) is 28.1 Å². The standard InChI is InChI=1S/C16H21BrO4/c1-16(2)20-14-12(8-17)19-13(15(14)21-16)10-18-9-11-6-4-3-5-7-11/h3-7,12-15H,8-10H2,1-2H3/t12-,13-,14+,15-/m1/s1. The summed E-state index contributed by atoms with van der Waals surface area (Å²) in [7, 11) is 0. The van der Waals surface area contributed by atoms with Crippen molar-refractivity contribution in [2.24, 2.45) is 0 Å². The zero-order valence-electron chi connectivity index (χ0n) is 12.3. The molecule has 0 aliphatic carbocycles. The first-order valence-electron chi connectivity index (χ1n) is 7.28. The molecule has 0 unspecified atom stereocenters. The molecule has 0 amide bonds. The Labute approximate surface area is 133 Å². The van der Waals surface area contributed by atoms with Crippen molar-refractivity contribution in [3.05, 3.63) is 35.9 Å². The highest BCUT2D eigenvalue weighted by Gasteiger charge is 2.54. The average molecular weight is 357 g/mol. The molecular weight excluding hydrogens is 336 g/mol.